The monoisotopic (exact) mass is 275 g/mol. The third kappa shape index (κ3) is 3.33. The first-order valence-electron chi connectivity index (χ1n) is 7.46. The quantitative estimate of drug-likeness (QED) is 0.849. The van der Waals surface area contributed by atoms with Gasteiger partial charge < -0.3 is 14.6 Å². The Bertz CT molecular complexity index is 467. The van der Waals surface area contributed by atoms with E-state index in [1.807, 2.05) is 0 Å². The minimum Gasteiger partial charge on any atom is -0.545 e. The minimum absolute atomic E-state index is 0.0965. The predicted molar refractivity (Wildman–Crippen MR) is 76.5 cm³/mol. The van der Waals surface area contributed by atoms with E-state index in [2.05, 4.69) is 20.8 Å². The topological polar surface area (TPSA) is 49.4 Å². The highest BCUT2D eigenvalue weighted by atomic mass is 16.5. The van der Waals surface area contributed by atoms with Crippen molar-refractivity contribution in [3.63, 3.8) is 0 Å². The van der Waals surface area contributed by atoms with Crippen molar-refractivity contribution in [3.05, 3.63) is 29.8 Å². The first-order valence-corrected chi connectivity index (χ1v) is 7.46. The maximum atomic E-state index is 11.2. The Balaban J connectivity index is 2.20. The Hall–Kier alpha value is -1.51. The third-order valence-corrected chi connectivity index (χ3v) is 4.35. The fourth-order valence-electron chi connectivity index (χ4n) is 3.15. The molecule has 0 bridgehead atoms. The Kier molecular flexibility index (Phi) is 4.69. The molecule has 1 aliphatic carbocycles. The molecule has 0 spiro atoms. The highest BCUT2D eigenvalue weighted by molar-refractivity contribution is 5.89. The summed E-state index contributed by atoms with van der Waals surface area (Å²) in [5.74, 6) is 0.927. The molecule has 3 nitrogen and oxygen atoms in total. The van der Waals surface area contributed by atoms with Crippen LogP contribution in [0.5, 0.6) is 5.75 Å². The van der Waals surface area contributed by atoms with Crippen LogP contribution in [0.15, 0.2) is 24.3 Å². The van der Waals surface area contributed by atoms with Crippen LogP contribution in [0, 0.1) is 17.8 Å². The molecule has 1 fully saturated rings. The van der Waals surface area contributed by atoms with Crippen LogP contribution in [0.4, 0.5) is 0 Å². The van der Waals surface area contributed by atoms with E-state index in [4.69, 9.17) is 4.74 Å². The number of carbonyl (C=O) groups is 1. The number of carbonyl (C=O) groups excluding carboxylic acids is 1. The maximum absolute atomic E-state index is 11.2. The molecule has 3 atom stereocenters. The molecule has 0 heterocycles. The van der Waals surface area contributed by atoms with Crippen LogP contribution < -0.4 is 9.84 Å². The van der Waals surface area contributed by atoms with Crippen LogP contribution in [0.3, 0.4) is 0 Å². The van der Waals surface area contributed by atoms with Gasteiger partial charge in [-0.2, -0.15) is 0 Å². The van der Waals surface area contributed by atoms with Crippen LogP contribution >= 0.6 is 0 Å². The highest BCUT2D eigenvalue weighted by Gasteiger charge is 2.32. The summed E-state index contributed by atoms with van der Waals surface area (Å²) in [6.45, 7) is 6.65. The zero-order chi connectivity index (χ0) is 14.7. The number of benzene rings is 1. The molecular formula is C17H23O3-. The molecule has 20 heavy (non-hydrogen) atoms. The van der Waals surface area contributed by atoms with Gasteiger partial charge in [0.05, 0.1) is 5.97 Å². The predicted octanol–water partition coefficient (Wildman–Crippen LogP) is 2.89. The molecular weight excluding hydrogens is 252 g/mol. The fraction of sp³-hybridized carbons (Fsp3) is 0.588. The Labute approximate surface area is 121 Å². The second kappa shape index (κ2) is 6.29. The molecule has 0 amide bonds. The van der Waals surface area contributed by atoms with Crippen LogP contribution in [0.25, 0.3) is 0 Å². The standard InChI is InChI=1S/C17H24O3/c1-11(2)13-9-8-12(3)10-16(13)20-15-7-5-4-6-14(15)17(18)19/h4-7,11-13,16H,8-10H2,1-3H3,(H,18,19)/p-1. The lowest BCUT2D eigenvalue weighted by Gasteiger charge is -2.37. The SMILES string of the molecule is CC1CCC(C(C)C)C(Oc2ccccc2C(=O)[O-])C1. The van der Waals surface area contributed by atoms with Gasteiger partial charge in [0.15, 0.2) is 0 Å². The smallest absolute Gasteiger partial charge is 0.128 e. The first-order chi connectivity index (χ1) is 9.49. The Morgan fingerprint density at radius 3 is 2.65 bits per heavy atom. The summed E-state index contributed by atoms with van der Waals surface area (Å²) in [5, 5.41) is 11.2. The van der Waals surface area contributed by atoms with Gasteiger partial charge in [-0.15, -0.1) is 0 Å². The Morgan fingerprint density at radius 1 is 1.30 bits per heavy atom. The largest absolute Gasteiger partial charge is 0.545 e. The summed E-state index contributed by atoms with van der Waals surface area (Å²) in [5.41, 5.74) is 0.147. The van der Waals surface area contributed by atoms with E-state index < -0.39 is 5.97 Å². The zero-order valence-corrected chi connectivity index (χ0v) is 12.5. The molecule has 1 saturated carbocycles. The van der Waals surface area contributed by atoms with E-state index in [0.29, 0.717) is 23.5 Å². The third-order valence-electron chi connectivity index (χ3n) is 4.35. The molecule has 1 aliphatic rings. The molecule has 110 valence electrons. The highest BCUT2D eigenvalue weighted by Crippen LogP contribution is 2.36. The molecule has 0 N–H and O–H groups in total. The molecule has 3 unspecified atom stereocenters. The summed E-state index contributed by atoms with van der Waals surface area (Å²) < 4.78 is 6.07. The maximum Gasteiger partial charge on any atom is 0.128 e. The van der Waals surface area contributed by atoms with E-state index in [-0.39, 0.29) is 11.7 Å². The lowest BCUT2D eigenvalue weighted by Crippen LogP contribution is -2.37. The van der Waals surface area contributed by atoms with Crippen LogP contribution in [-0.2, 0) is 0 Å². The molecule has 1 aromatic carbocycles. The summed E-state index contributed by atoms with van der Waals surface area (Å²) in [4.78, 5) is 11.2. The van der Waals surface area contributed by atoms with Crippen LogP contribution in [0.2, 0.25) is 0 Å². The summed E-state index contributed by atoms with van der Waals surface area (Å²) >= 11 is 0. The normalized spacial score (nSPS) is 26.5. The molecule has 3 heteroatoms. The van der Waals surface area contributed by atoms with Gasteiger partial charge in [0.1, 0.15) is 11.9 Å². The van der Waals surface area contributed by atoms with Crippen molar-refractivity contribution in [1.29, 1.82) is 0 Å². The van der Waals surface area contributed by atoms with Gasteiger partial charge in [0.25, 0.3) is 0 Å². The van der Waals surface area contributed by atoms with E-state index in [9.17, 15) is 9.90 Å². The molecule has 0 saturated heterocycles. The second-order valence-corrected chi connectivity index (χ2v) is 6.27. The van der Waals surface area contributed by atoms with Crippen molar-refractivity contribution >= 4 is 5.97 Å². The molecule has 0 aliphatic heterocycles. The summed E-state index contributed by atoms with van der Waals surface area (Å²) in [7, 11) is 0. The first kappa shape index (κ1) is 14.9. The van der Waals surface area contributed by atoms with Crippen molar-refractivity contribution in [2.24, 2.45) is 17.8 Å². The van der Waals surface area contributed by atoms with E-state index >= 15 is 0 Å². The van der Waals surface area contributed by atoms with E-state index in [1.165, 1.54) is 6.42 Å². The lowest BCUT2D eigenvalue weighted by molar-refractivity contribution is -0.255. The van der Waals surface area contributed by atoms with Gasteiger partial charge >= 0.3 is 0 Å². The number of carboxylic acid groups (broad SMARTS) is 1. The lowest BCUT2D eigenvalue weighted by atomic mass is 9.75. The summed E-state index contributed by atoms with van der Waals surface area (Å²) in [6, 6.07) is 6.77. The van der Waals surface area contributed by atoms with Gasteiger partial charge in [-0.25, -0.2) is 0 Å². The minimum atomic E-state index is -1.18. The van der Waals surface area contributed by atoms with Crippen molar-refractivity contribution in [2.75, 3.05) is 0 Å². The number of aromatic carboxylic acids is 1. The van der Waals surface area contributed by atoms with Gasteiger partial charge in [-0.1, -0.05) is 39.3 Å². The number of ether oxygens (including phenoxy) is 1. The number of rotatable bonds is 4. The van der Waals surface area contributed by atoms with Crippen molar-refractivity contribution in [3.8, 4) is 5.75 Å². The second-order valence-electron chi connectivity index (χ2n) is 6.27. The van der Waals surface area contributed by atoms with Crippen molar-refractivity contribution in [2.45, 2.75) is 46.1 Å². The average molecular weight is 275 g/mol. The van der Waals surface area contributed by atoms with E-state index in [0.717, 1.165) is 12.8 Å². The van der Waals surface area contributed by atoms with Gasteiger partial charge in [0, 0.05) is 5.56 Å². The van der Waals surface area contributed by atoms with Gasteiger partial charge in [-0.05, 0) is 42.7 Å². The van der Waals surface area contributed by atoms with Gasteiger partial charge in [-0.3, -0.25) is 0 Å². The zero-order valence-electron chi connectivity index (χ0n) is 12.5. The molecule has 0 radical (unpaired) electrons. The molecule has 0 aromatic heterocycles. The molecule has 2 rings (SSSR count). The van der Waals surface area contributed by atoms with Crippen LogP contribution in [0.1, 0.15) is 50.4 Å². The average Bonchev–Trinajstić information content (AvgIpc) is 2.38. The van der Waals surface area contributed by atoms with Gasteiger partial charge in [0.2, 0.25) is 0 Å². The Morgan fingerprint density at radius 2 is 2.00 bits per heavy atom. The number of para-hydroxylation sites is 1. The number of hydrogen-bond acceptors (Lipinski definition) is 3. The van der Waals surface area contributed by atoms with Crippen molar-refractivity contribution < 1.29 is 14.6 Å². The summed E-state index contributed by atoms with van der Waals surface area (Å²) in [6.07, 6.45) is 3.46. The van der Waals surface area contributed by atoms with Crippen molar-refractivity contribution in [1.82, 2.24) is 0 Å². The number of hydrogen-bond donors (Lipinski definition) is 0. The fourth-order valence-corrected chi connectivity index (χ4v) is 3.15. The number of carboxylic acids is 1. The van der Waals surface area contributed by atoms with E-state index in [1.54, 1.807) is 24.3 Å². The van der Waals surface area contributed by atoms with Crippen LogP contribution in [-0.4, -0.2) is 12.1 Å². The molecule has 1 aromatic rings.